The van der Waals surface area contributed by atoms with Gasteiger partial charge in [0.1, 0.15) is 0 Å². The number of carbonyl (C=O) groups excluding carboxylic acids is 1. The molecular weight excluding hydrogens is 252 g/mol. The van der Waals surface area contributed by atoms with Gasteiger partial charge in [-0.15, -0.1) is 0 Å². The molecule has 1 aromatic heterocycles. The number of amides is 1. The average molecular weight is 272 g/mol. The summed E-state index contributed by atoms with van der Waals surface area (Å²) in [5, 5.41) is 0. The standard InChI is InChI=1S/C15H20N4O/c1-18-7-3-2-4-12(18)9-19-10-17-13-8-11(15(16)20)5-6-14(13)19/h5-6,8,10,12H,2-4,7,9H2,1H3,(H2,16,20)/t12-/m0/s1. The molecule has 0 aliphatic carbocycles. The first kappa shape index (κ1) is 13.1. The van der Waals surface area contributed by atoms with Gasteiger partial charge in [0.05, 0.1) is 17.4 Å². The van der Waals surface area contributed by atoms with E-state index in [1.807, 2.05) is 12.4 Å². The first-order valence-electron chi connectivity index (χ1n) is 7.10. The number of nitrogens with zero attached hydrogens (tertiary/aromatic N) is 3. The van der Waals surface area contributed by atoms with Crippen molar-refractivity contribution in [3.63, 3.8) is 0 Å². The molecule has 0 spiro atoms. The monoisotopic (exact) mass is 272 g/mol. The van der Waals surface area contributed by atoms with Gasteiger partial charge < -0.3 is 15.2 Å². The molecule has 0 bridgehead atoms. The van der Waals surface area contributed by atoms with Gasteiger partial charge in [0.25, 0.3) is 0 Å². The molecule has 1 saturated heterocycles. The molecule has 1 aliphatic heterocycles. The highest BCUT2D eigenvalue weighted by atomic mass is 16.1. The molecule has 1 aromatic carbocycles. The number of hydrogen-bond donors (Lipinski definition) is 1. The van der Waals surface area contributed by atoms with Gasteiger partial charge in [0.2, 0.25) is 5.91 Å². The number of nitrogens with two attached hydrogens (primary N) is 1. The number of benzene rings is 1. The Kier molecular flexibility index (Phi) is 3.44. The average Bonchev–Trinajstić information content (AvgIpc) is 2.84. The van der Waals surface area contributed by atoms with Gasteiger partial charge in [-0.2, -0.15) is 0 Å². The van der Waals surface area contributed by atoms with Crippen molar-refractivity contribution in [1.82, 2.24) is 14.5 Å². The summed E-state index contributed by atoms with van der Waals surface area (Å²) in [6, 6.07) is 6.04. The van der Waals surface area contributed by atoms with Crippen LogP contribution in [0.15, 0.2) is 24.5 Å². The van der Waals surface area contributed by atoms with Crippen molar-refractivity contribution in [2.24, 2.45) is 5.73 Å². The Morgan fingerprint density at radius 2 is 2.30 bits per heavy atom. The molecule has 5 heteroatoms. The van der Waals surface area contributed by atoms with Crippen LogP contribution in [0, 0.1) is 0 Å². The van der Waals surface area contributed by atoms with Crippen molar-refractivity contribution in [3.05, 3.63) is 30.1 Å². The summed E-state index contributed by atoms with van der Waals surface area (Å²) in [6.45, 7) is 2.12. The quantitative estimate of drug-likeness (QED) is 0.923. The van der Waals surface area contributed by atoms with Crippen LogP contribution < -0.4 is 5.73 Å². The fraction of sp³-hybridized carbons (Fsp3) is 0.467. The third kappa shape index (κ3) is 2.41. The van der Waals surface area contributed by atoms with E-state index in [9.17, 15) is 4.79 Å². The van der Waals surface area contributed by atoms with Crippen LogP contribution in [-0.4, -0.2) is 40.0 Å². The molecule has 20 heavy (non-hydrogen) atoms. The summed E-state index contributed by atoms with van der Waals surface area (Å²) in [7, 11) is 2.19. The third-order valence-electron chi connectivity index (χ3n) is 4.23. The largest absolute Gasteiger partial charge is 0.366 e. The molecule has 1 atom stereocenters. The molecule has 2 heterocycles. The summed E-state index contributed by atoms with van der Waals surface area (Å²) in [4.78, 5) is 18.0. The lowest BCUT2D eigenvalue weighted by Gasteiger charge is -2.32. The van der Waals surface area contributed by atoms with Crippen molar-refractivity contribution in [2.45, 2.75) is 31.8 Å². The number of piperidine rings is 1. The van der Waals surface area contributed by atoms with E-state index in [1.165, 1.54) is 25.8 Å². The summed E-state index contributed by atoms with van der Waals surface area (Å²) in [5.74, 6) is -0.409. The van der Waals surface area contributed by atoms with Crippen molar-refractivity contribution in [2.75, 3.05) is 13.6 Å². The predicted octanol–water partition coefficient (Wildman–Crippen LogP) is 1.62. The Morgan fingerprint density at radius 1 is 1.45 bits per heavy atom. The van der Waals surface area contributed by atoms with Crippen molar-refractivity contribution < 1.29 is 4.79 Å². The summed E-state index contributed by atoms with van der Waals surface area (Å²) in [6.07, 6.45) is 5.68. The number of fused-ring (bicyclic) bond motifs is 1. The number of hydrogen-bond acceptors (Lipinski definition) is 3. The smallest absolute Gasteiger partial charge is 0.248 e. The van der Waals surface area contributed by atoms with Gasteiger partial charge >= 0.3 is 0 Å². The zero-order valence-electron chi connectivity index (χ0n) is 11.7. The summed E-state index contributed by atoms with van der Waals surface area (Å²) >= 11 is 0. The highest BCUT2D eigenvalue weighted by molar-refractivity contribution is 5.96. The second-order valence-corrected chi connectivity index (χ2v) is 5.59. The van der Waals surface area contributed by atoms with E-state index in [4.69, 9.17) is 5.73 Å². The normalized spacial score (nSPS) is 20.4. The van der Waals surface area contributed by atoms with E-state index in [-0.39, 0.29) is 0 Å². The molecule has 2 N–H and O–H groups in total. The minimum absolute atomic E-state index is 0.409. The van der Waals surface area contributed by atoms with E-state index in [0.717, 1.165) is 17.6 Å². The molecule has 0 unspecified atom stereocenters. The van der Waals surface area contributed by atoms with E-state index in [2.05, 4.69) is 21.5 Å². The van der Waals surface area contributed by atoms with Crippen molar-refractivity contribution in [1.29, 1.82) is 0 Å². The molecule has 1 amide bonds. The first-order chi connectivity index (χ1) is 9.65. The number of aromatic nitrogens is 2. The van der Waals surface area contributed by atoms with Crippen LogP contribution in [0.5, 0.6) is 0 Å². The first-order valence-corrected chi connectivity index (χ1v) is 7.10. The number of imidazole rings is 1. The van der Waals surface area contributed by atoms with E-state index in [1.54, 1.807) is 12.1 Å². The van der Waals surface area contributed by atoms with Crippen molar-refractivity contribution in [3.8, 4) is 0 Å². The Hall–Kier alpha value is -1.88. The zero-order chi connectivity index (χ0) is 14.1. The summed E-state index contributed by atoms with van der Waals surface area (Å²) in [5.41, 5.74) is 7.71. The topological polar surface area (TPSA) is 64.2 Å². The SMILES string of the molecule is CN1CCCC[C@H]1Cn1cnc2cc(C(N)=O)ccc21. The Morgan fingerprint density at radius 3 is 3.05 bits per heavy atom. The molecule has 2 aromatic rings. The van der Waals surface area contributed by atoms with Crippen LogP contribution in [-0.2, 0) is 6.54 Å². The Bertz CT molecular complexity index is 634. The Balaban J connectivity index is 1.87. The van der Waals surface area contributed by atoms with Gasteiger partial charge in [-0.3, -0.25) is 4.79 Å². The van der Waals surface area contributed by atoms with Gasteiger partial charge in [-0.25, -0.2) is 4.98 Å². The highest BCUT2D eigenvalue weighted by Crippen LogP contribution is 2.20. The van der Waals surface area contributed by atoms with Crippen LogP contribution in [0.2, 0.25) is 0 Å². The molecule has 106 valence electrons. The van der Waals surface area contributed by atoms with Crippen LogP contribution in [0.1, 0.15) is 29.6 Å². The second kappa shape index (κ2) is 5.25. The van der Waals surface area contributed by atoms with Crippen LogP contribution in [0.4, 0.5) is 0 Å². The maximum atomic E-state index is 11.2. The van der Waals surface area contributed by atoms with Gasteiger partial charge in [-0.1, -0.05) is 6.42 Å². The minimum atomic E-state index is -0.409. The molecule has 0 radical (unpaired) electrons. The lowest BCUT2D eigenvalue weighted by molar-refractivity contribution is 0.100. The Labute approximate surface area is 118 Å². The van der Waals surface area contributed by atoms with Crippen LogP contribution in [0.25, 0.3) is 11.0 Å². The maximum absolute atomic E-state index is 11.2. The predicted molar refractivity (Wildman–Crippen MR) is 78.5 cm³/mol. The van der Waals surface area contributed by atoms with E-state index < -0.39 is 5.91 Å². The fourth-order valence-corrected chi connectivity index (χ4v) is 2.96. The molecule has 1 aliphatic rings. The fourth-order valence-electron chi connectivity index (χ4n) is 2.96. The van der Waals surface area contributed by atoms with Crippen LogP contribution >= 0.6 is 0 Å². The molecule has 3 rings (SSSR count). The van der Waals surface area contributed by atoms with Crippen molar-refractivity contribution >= 4 is 16.9 Å². The lowest BCUT2D eigenvalue weighted by atomic mass is 10.0. The highest BCUT2D eigenvalue weighted by Gasteiger charge is 2.20. The van der Waals surface area contributed by atoms with Crippen LogP contribution in [0.3, 0.4) is 0 Å². The number of likely N-dealkylation sites (tertiary alicyclic amines) is 1. The third-order valence-corrected chi connectivity index (χ3v) is 4.23. The van der Waals surface area contributed by atoms with E-state index >= 15 is 0 Å². The zero-order valence-corrected chi connectivity index (χ0v) is 11.7. The molecule has 1 fully saturated rings. The lowest BCUT2D eigenvalue weighted by Crippen LogP contribution is -2.39. The maximum Gasteiger partial charge on any atom is 0.248 e. The van der Waals surface area contributed by atoms with Gasteiger partial charge in [0.15, 0.2) is 0 Å². The van der Waals surface area contributed by atoms with Gasteiger partial charge in [0, 0.05) is 18.2 Å². The number of rotatable bonds is 3. The summed E-state index contributed by atoms with van der Waals surface area (Å²) < 4.78 is 2.17. The number of carbonyl (C=O) groups is 1. The second-order valence-electron chi connectivity index (χ2n) is 5.59. The minimum Gasteiger partial charge on any atom is -0.366 e. The molecule has 0 saturated carbocycles. The molecular formula is C15H20N4O. The molecule has 5 nitrogen and oxygen atoms in total. The van der Waals surface area contributed by atoms with E-state index in [0.29, 0.717) is 11.6 Å². The van der Waals surface area contributed by atoms with Gasteiger partial charge in [-0.05, 0) is 44.6 Å². The number of likely N-dealkylation sites (N-methyl/N-ethyl adjacent to an activating group) is 1. The number of primary amides is 1.